The molecule has 0 aromatic heterocycles. The molecule has 1 fully saturated rings. The minimum Gasteiger partial charge on any atom is -0.325 e. The van der Waals surface area contributed by atoms with Crippen LogP contribution in [0.5, 0.6) is 0 Å². The summed E-state index contributed by atoms with van der Waals surface area (Å²) in [5.74, 6) is 0. The first-order valence-electron chi connectivity index (χ1n) is 9.40. The lowest BCUT2D eigenvalue weighted by Gasteiger charge is -2.34. The van der Waals surface area contributed by atoms with Crippen LogP contribution in [-0.2, 0) is 11.8 Å². The van der Waals surface area contributed by atoms with Crippen LogP contribution >= 0.6 is 0 Å². The number of urea groups is 1. The lowest BCUT2D eigenvalue weighted by Crippen LogP contribution is -2.46. The van der Waals surface area contributed by atoms with Gasteiger partial charge in [0.15, 0.2) is 0 Å². The molecule has 0 aliphatic carbocycles. The zero-order valence-electron chi connectivity index (χ0n) is 17.1. The van der Waals surface area contributed by atoms with Gasteiger partial charge in [0.25, 0.3) is 5.69 Å². The first-order chi connectivity index (χ1) is 13.0. The largest absolute Gasteiger partial charge is 0.325 e. The highest BCUT2D eigenvalue weighted by Gasteiger charge is 2.45. The average Bonchev–Trinajstić information content (AvgIpc) is 2.83. The minimum atomic E-state index is -0.439. The van der Waals surface area contributed by atoms with Crippen molar-refractivity contribution in [1.82, 2.24) is 4.90 Å². The van der Waals surface area contributed by atoms with Crippen molar-refractivity contribution in [2.24, 2.45) is 0 Å². The highest BCUT2D eigenvalue weighted by molar-refractivity contribution is 5.96. The molecule has 1 aliphatic rings. The van der Waals surface area contributed by atoms with Crippen LogP contribution in [0.15, 0.2) is 48.5 Å². The number of hydrogen-bond donors (Lipinski definition) is 0. The molecule has 3 rings (SSSR count). The van der Waals surface area contributed by atoms with Gasteiger partial charge in [0.1, 0.15) is 0 Å². The molecular weight excluding hydrogens is 354 g/mol. The zero-order valence-corrected chi connectivity index (χ0v) is 17.1. The van der Waals surface area contributed by atoms with E-state index in [4.69, 9.17) is 0 Å². The molecule has 6 nitrogen and oxygen atoms in total. The molecule has 1 aliphatic heterocycles. The van der Waals surface area contributed by atoms with Crippen molar-refractivity contribution >= 4 is 17.4 Å². The predicted molar refractivity (Wildman–Crippen MR) is 111 cm³/mol. The molecule has 0 radical (unpaired) electrons. The van der Waals surface area contributed by atoms with Crippen LogP contribution in [0.4, 0.5) is 16.2 Å². The Morgan fingerprint density at radius 1 is 1.07 bits per heavy atom. The highest BCUT2D eigenvalue weighted by Crippen LogP contribution is 2.35. The molecule has 0 spiro atoms. The normalized spacial score (nSPS) is 20.0. The summed E-state index contributed by atoms with van der Waals surface area (Å²) in [5, 5.41) is 10.9. The third-order valence-corrected chi connectivity index (χ3v) is 5.36. The molecule has 2 aromatic carbocycles. The van der Waals surface area contributed by atoms with Crippen molar-refractivity contribution < 1.29 is 9.72 Å². The number of anilines is 1. The van der Waals surface area contributed by atoms with Gasteiger partial charge < -0.3 is 4.90 Å². The van der Waals surface area contributed by atoms with Crippen LogP contribution in [0.3, 0.4) is 0 Å². The maximum absolute atomic E-state index is 12.8. The van der Waals surface area contributed by atoms with Gasteiger partial charge in [0, 0.05) is 31.4 Å². The van der Waals surface area contributed by atoms with Crippen LogP contribution in [0.2, 0.25) is 0 Å². The molecule has 1 saturated heterocycles. The maximum atomic E-state index is 12.8. The van der Waals surface area contributed by atoms with E-state index < -0.39 is 10.5 Å². The quantitative estimate of drug-likeness (QED) is 0.566. The van der Waals surface area contributed by atoms with E-state index in [9.17, 15) is 14.9 Å². The summed E-state index contributed by atoms with van der Waals surface area (Å²) in [5.41, 5.74) is 2.78. The van der Waals surface area contributed by atoms with Gasteiger partial charge in [-0.05, 0) is 42.0 Å². The number of carbonyl (C=O) groups is 1. The van der Waals surface area contributed by atoms with E-state index in [1.54, 1.807) is 29.0 Å². The van der Waals surface area contributed by atoms with Crippen molar-refractivity contribution in [3.8, 4) is 0 Å². The Hall–Kier alpha value is -2.89. The second-order valence-electron chi connectivity index (χ2n) is 8.87. The molecule has 1 atom stereocenters. The van der Waals surface area contributed by atoms with E-state index in [1.807, 2.05) is 0 Å². The number of nitro groups is 1. The molecule has 1 heterocycles. The van der Waals surface area contributed by atoms with Gasteiger partial charge in [-0.15, -0.1) is 0 Å². The first-order valence-corrected chi connectivity index (χ1v) is 9.40. The predicted octanol–water partition coefficient (Wildman–Crippen LogP) is 4.77. The molecule has 0 bridgehead atoms. The molecule has 28 heavy (non-hydrogen) atoms. The third kappa shape index (κ3) is 3.72. The molecule has 0 saturated carbocycles. The van der Waals surface area contributed by atoms with Crippen LogP contribution in [0, 0.1) is 10.1 Å². The van der Waals surface area contributed by atoms with E-state index in [0.717, 1.165) is 5.56 Å². The molecule has 2 aromatic rings. The Labute approximate surface area is 165 Å². The van der Waals surface area contributed by atoms with Gasteiger partial charge in [-0.25, -0.2) is 4.79 Å². The zero-order chi connectivity index (χ0) is 20.7. The van der Waals surface area contributed by atoms with Gasteiger partial charge in [0.05, 0.1) is 10.5 Å². The van der Waals surface area contributed by atoms with Crippen molar-refractivity contribution in [2.75, 3.05) is 18.5 Å². The number of benzene rings is 2. The van der Waals surface area contributed by atoms with Crippen LogP contribution < -0.4 is 4.90 Å². The number of hydrogen-bond acceptors (Lipinski definition) is 3. The van der Waals surface area contributed by atoms with Gasteiger partial charge in [-0.3, -0.25) is 15.0 Å². The van der Waals surface area contributed by atoms with Crippen molar-refractivity contribution in [1.29, 1.82) is 0 Å². The Balaban J connectivity index is 1.91. The fourth-order valence-corrected chi connectivity index (χ4v) is 3.89. The molecule has 148 valence electrons. The molecule has 2 amide bonds. The van der Waals surface area contributed by atoms with Gasteiger partial charge in [-0.1, -0.05) is 45.0 Å². The monoisotopic (exact) mass is 381 g/mol. The number of nitrogens with zero attached hydrogens (tertiary/aromatic N) is 3. The van der Waals surface area contributed by atoms with Crippen molar-refractivity contribution in [3.63, 3.8) is 0 Å². The molecular formula is C22H27N3O3. The highest BCUT2D eigenvalue weighted by atomic mass is 16.6. The lowest BCUT2D eigenvalue weighted by atomic mass is 9.85. The summed E-state index contributed by atoms with van der Waals surface area (Å²) in [6.07, 6.45) is 0.699. The van der Waals surface area contributed by atoms with Gasteiger partial charge in [-0.2, -0.15) is 0 Å². The fourth-order valence-electron chi connectivity index (χ4n) is 3.89. The number of likely N-dealkylation sites (N-methyl/N-ethyl adjacent to an activating group) is 1. The Morgan fingerprint density at radius 3 is 2.14 bits per heavy atom. The minimum absolute atomic E-state index is 0.0169. The van der Waals surface area contributed by atoms with E-state index in [1.165, 1.54) is 17.7 Å². The number of amides is 2. The smallest absolute Gasteiger partial charge is 0.324 e. The second kappa shape index (κ2) is 6.93. The SMILES string of the molecule is CN1C[C@](C)(Cc2ccc(C(C)(C)C)cc2)N(c2ccc([N+](=O)[O-])cc2)C1=O. The van der Waals surface area contributed by atoms with Crippen LogP contribution in [-0.4, -0.2) is 35.0 Å². The molecule has 0 unspecified atom stereocenters. The van der Waals surface area contributed by atoms with E-state index in [2.05, 4.69) is 52.0 Å². The maximum Gasteiger partial charge on any atom is 0.324 e. The third-order valence-electron chi connectivity index (χ3n) is 5.36. The van der Waals surface area contributed by atoms with Crippen molar-refractivity contribution in [2.45, 2.75) is 45.1 Å². The summed E-state index contributed by atoms with van der Waals surface area (Å²) in [6, 6.07) is 14.6. The summed E-state index contributed by atoms with van der Waals surface area (Å²) in [4.78, 5) is 26.8. The topological polar surface area (TPSA) is 66.7 Å². The summed E-state index contributed by atoms with van der Waals surface area (Å²) >= 11 is 0. The summed E-state index contributed by atoms with van der Waals surface area (Å²) in [6.45, 7) is 9.20. The number of carbonyl (C=O) groups excluding carboxylic acids is 1. The van der Waals surface area contributed by atoms with E-state index in [-0.39, 0.29) is 17.1 Å². The average molecular weight is 381 g/mol. The van der Waals surface area contributed by atoms with Gasteiger partial charge in [0.2, 0.25) is 0 Å². The van der Waals surface area contributed by atoms with Gasteiger partial charge >= 0.3 is 6.03 Å². The Morgan fingerprint density at radius 2 is 1.64 bits per heavy atom. The lowest BCUT2D eigenvalue weighted by molar-refractivity contribution is -0.384. The Kier molecular flexibility index (Phi) is 4.91. The van der Waals surface area contributed by atoms with Crippen LogP contribution in [0.1, 0.15) is 38.8 Å². The molecule has 0 N–H and O–H groups in total. The van der Waals surface area contributed by atoms with E-state index >= 15 is 0 Å². The fraction of sp³-hybridized carbons (Fsp3) is 0.409. The number of non-ortho nitro benzene ring substituents is 1. The van der Waals surface area contributed by atoms with Crippen molar-refractivity contribution in [3.05, 3.63) is 69.8 Å². The van der Waals surface area contributed by atoms with E-state index in [0.29, 0.717) is 18.7 Å². The summed E-state index contributed by atoms with van der Waals surface area (Å²) in [7, 11) is 1.79. The number of nitro benzene ring substituents is 1. The first kappa shape index (κ1) is 19.9. The summed E-state index contributed by atoms with van der Waals surface area (Å²) < 4.78 is 0. The standard InChI is InChI=1S/C22H27N3O3/c1-21(2,3)17-8-6-16(7-9-17)14-22(4)15-23(5)20(26)24(22)18-10-12-19(13-11-18)25(27)28/h6-13H,14-15H2,1-5H3/t22-/m0/s1. The van der Waals surface area contributed by atoms with Crippen LogP contribution in [0.25, 0.3) is 0 Å². The Bertz CT molecular complexity index is 885. The number of rotatable bonds is 4. The molecule has 6 heteroatoms. The second-order valence-corrected chi connectivity index (χ2v) is 8.87.